The summed E-state index contributed by atoms with van der Waals surface area (Å²) < 4.78 is 0. The highest BCUT2D eigenvalue weighted by molar-refractivity contribution is 6.02. The average molecular weight is 440 g/mol. The van der Waals surface area contributed by atoms with E-state index in [9.17, 15) is 14.9 Å². The number of hydrogen-bond donors (Lipinski definition) is 1. The second kappa shape index (κ2) is 9.87. The van der Waals surface area contributed by atoms with E-state index < -0.39 is 5.54 Å². The summed E-state index contributed by atoms with van der Waals surface area (Å²) in [5.41, 5.74) is 0.366. The van der Waals surface area contributed by atoms with Gasteiger partial charge in [-0.25, -0.2) is 4.90 Å². The van der Waals surface area contributed by atoms with Gasteiger partial charge in [0.25, 0.3) is 11.8 Å². The van der Waals surface area contributed by atoms with Crippen molar-refractivity contribution >= 4 is 22.6 Å². The first-order valence-electron chi connectivity index (χ1n) is 11.7. The summed E-state index contributed by atoms with van der Waals surface area (Å²) in [6.07, 6.45) is 6.52. The standard InChI is InChI=1S/C28H29N3O2/c1-2-25(22-12-5-3-6-13-22)31(20-29)27(33)28(17-9-4-10-18-28)30-26(32)24-16-15-21-11-7-8-14-23(21)19-24/h3,5-8,11-16,19,25H,2,4,9-10,17-18H2,1H3,(H,30,32). The van der Waals surface area contributed by atoms with Crippen LogP contribution in [-0.2, 0) is 4.79 Å². The third kappa shape index (κ3) is 4.61. The first kappa shape index (κ1) is 22.5. The van der Waals surface area contributed by atoms with Crippen LogP contribution < -0.4 is 5.32 Å². The molecule has 0 bridgehead atoms. The molecule has 33 heavy (non-hydrogen) atoms. The van der Waals surface area contributed by atoms with E-state index in [-0.39, 0.29) is 17.9 Å². The predicted molar refractivity (Wildman–Crippen MR) is 129 cm³/mol. The van der Waals surface area contributed by atoms with Crippen LogP contribution in [0.2, 0.25) is 0 Å². The van der Waals surface area contributed by atoms with Gasteiger partial charge in [-0.05, 0) is 47.7 Å². The maximum atomic E-state index is 13.9. The molecular formula is C28H29N3O2. The summed E-state index contributed by atoms with van der Waals surface area (Å²) in [6.45, 7) is 1.97. The number of carbonyl (C=O) groups excluding carboxylic acids is 2. The molecule has 1 atom stereocenters. The molecule has 5 nitrogen and oxygen atoms in total. The van der Waals surface area contributed by atoms with Gasteiger partial charge in [0.1, 0.15) is 5.54 Å². The second-order valence-corrected chi connectivity index (χ2v) is 8.77. The molecule has 1 aliphatic carbocycles. The quantitative estimate of drug-likeness (QED) is 0.393. The molecule has 3 aromatic carbocycles. The molecule has 0 saturated heterocycles. The van der Waals surface area contributed by atoms with Crippen LogP contribution in [0.1, 0.15) is 67.4 Å². The molecule has 1 unspecified atom stereocenters. The minimum absolute atomic E-state index is 0.276. The summed E-state index contributed by atoms with van der Waals surface area (Å²) in [6, 6.07) is 22.7. The Bertz CT molecular complexity index is 1180. The van der Waals surface area contributed by atoms with Crippen molar-refractivity contribution in [3.05, 3.63) is 83.9 Å². The molecule has 1 aliphatic rings. The highest BCUT2D eigenvalue weighted by Gasteiger charge is 2.45. The highest BCUT2D eigenvalue weighted by Crippen LogP contribution is 2.34. The van der Waals surface area contributed by atoms with Crippen molar-refractivity contribution in [3.8, 4) is 6.19 Å². The van der Waals surface area contributed by atoms with Crippen molar-refractivity contribution in [3.63, 3.8) is 0 Å². The number of rotatable bonds is 6. The Kier molecular flexibility index (Phi) is 6.74. The van der Waals surface area contributed by atoms with Gasteiger partial charge in [-0.1, -0.05) is 86.8 Å². The molecule has 3 aromatic rings. The molecule has 5 heteroatoms. The summed E-state index contributed by atoms with van der Waals surface area (Å²) in [5, 5.41) is 15.1. The summed E-state index contributed by atoms with van der Waals surface area (Å²) >= 11 is 0. The predicted octanol–water partition coefficient (Wildman–Crippen LogP) is 5.73. The van der Waals surface area contributed by atoms with Crippen molar-refractivity contribution in [1.82, 2.24) is 10.2 Å². The molecule has 0 aliphatic heterocycles. The van der Waals surface area contributed by atoms with Gasteiger partial charge in [0.15, 0.2) is 6.19 Å². The van der Waals surface area contributed by atoms with Gasteiger partial charge in [-0.3, -0.25) is 9.59 Å². The number of nitrogens with zero attached hydrogens (tertiary/aromatic N) is 2. The van der Waals surface area contributed by atoms with Crippen LogP contribution in [0.25, 0.3) is 10.8 Å². The Hall–Kier alpha value is -3.65. The fraction of sp³-hybridized carbons (Fsp3) is 0.321. The van der Waals surface area contributed by atoms with E-state index in [1.807, 2.05) is 73.7 Å². The van der Waals surface area contributed by atoms with Crippen molar-refractivity contribution in [2.75, 3.05) is 0 Å². The Morgan fingerprint density at radius 2 is 1.64 bits per heavy atom. The van der Waals surface area contributed by atoms with Crippen LogP contribution in [0.4, 0.5) is 0 Å². The van der Waals surface area contributed by atoms with Gasteiger partial charge in [-0.2, -0.15) is 5.26 Å². The molecule has 0 radical (unpaired) electrons. The molecule has 168 valence electrons. The van der Waals surface area contributed by atoms with E-state index >= 15 is 0 Å². The fourth-order valence-electron chi connectivity index (χ4n) is 4.90. The molecule has 2 amide bonds. The number of amides is 2. The first-order valence-corrected chi connectivity index (χ1v) is 11.7. The fourth-order valence-corrected chi connectivity index (χ4v) is 4.90. The van der Waals surface area contributed by atoms with Crippen LogP contribution in [-0.4, -0.2) is 22.3 Å². The minimum atomic E-state index is -1.07. The summed E-state index contributed by atoms with van der Waals surface area (Å²) in [5.74, 6) is -0.587. The van der Waals surface area contributed by atoms with Gasteiger partial charge < -0.3 is 5.32 Å². The number of benzene rings is 3. The average Bonchev–Trinajstić information content (AvgIpc) is 2.87. The number of carbonyl (C=O) groups is 2. The number of fused-ring (bicyclic) bond motifs is 1. The molecule has 0 spiro atoms. The Morgan fingerprint density at radius 1 is 0.970 bits per heavy atom. The number of hydrogen-bond acceptors (Lipinski definition) is 3. The largest absolute Gasteiger partial charge is 0.338 e. The lowest BCUT2D eigenvalue weighted by Gasteiger charge is -2.40. The van der Waals surface area contributed by atoms with Gasteiger partial charge >= 0.3 is 0 Å². The zero-order valence-electron chi connectivity index (χ0n) is 19.0. The Balaban J connectivity index is 1.64. The van der Waals surface area contributed by atoms with Crippen LogP contribution in [0.5, 0.6) is 0 Å². The van der Waals surface area contributed by atoms with E-state index in [0.29, 0.717) is 24.8 Å². The number of nitriles is 1. The SMILES string of the molecule is CCC(c1ccccc1)N(C#N)C(=O)C1(NC(=O)c2ccc3ccccc3c2)CCCCC1. The van der Waals surface area contributed by atoms with Crippen LogP contribution in [0.15, 0.2) is 72.8 Å². The topological polar surface area (TPSA) is 73.2 Å². The zero-order valence-corrected chi connectivity index (χ0v) is 19.0. The molecule has 1 saturated carbocycles. The Labute approximate surface area is 195 Å². The third-order valence-electron chi connectivity index (χ3n) is 6.69. The molecular weight excluding hydrogens is 410 g/mol. The number of nitrogens with one attached hydrogen (secondary N) is 1. The van der Waals surface area contributed by atoms with Gasteiger partial charge in [-0.15, -0.1) is 0 Å². The van der Waals surface area contributed by atoms with Gasteiger partial charge in [0.05, 0.1) is 6.04 Å². The zero-order chi connectivity index (χ0) is 23.3. The van der Waals surface area contributed by atoms with Crippen molar-refractivity contribution in [2.45, 2.75) is 57.0 Å². The summed E-state index contributed by atoms with van der Waals surface area (Å²) in [4.78, 5) is 28.5. The molecule has 1 N–H and O–H groups in total. The van der Waals surface area contributed by atoms with E-state index in [4.69, 9.17) is 0 Å². The smallest absolute Gasteiger partial charge is 0.261 e. The van der Waals surface area contributed by atoms with E-state index in [1.54, 1.807) is 6.07 Å². The van der Waals surface area contributed by atoms with Crippen LogP contribution in [0, 0.1) is 11.5 Å². The van der Waals surface area contributed by atoms with Crippen molar-refractivity contribution < 1.29 is 9.59 Å². The van der Waals surface area contributed by atoms with Gasteiger partial charge in [0.2, 0.25) is 0 Å². The second-order valence-electron chi connectivity index (χ2n) is 8.77. The lowest BCUT2D eigenvalue weighted by molar-refractivity contribution is -0.138. The van der Waals surface area contributed by atoms with Crippen molar-refractivity contribution in [2.24, 2.45) is 0 Å². The monoisotopic (exact) mass is 439 g/mol. The van der Waals surface area contributed by atoms with E-state index in [2.05, 4.69) is 11.5 Å². The van der Waals surface area contributed by atoms with Gasteiger partial charge in [0, 0.05) is 5.56 Å². The van der Waals surface area contributed by atoms with E-state index in [0.717, 1.165) is 35.6 Å². The first-order chi connectivity index (χ1) is 16.1. The lowest BCUT2D eigenvalue weighted by Crippen LogP contribution is -2.60. The third-order valence-corrected chi connectivity index (χ3v) is 6.69. The molecule has 4 rings (SSSR count). The van der Waals surface area contributed by atoms with Crippen LogP contribution >= 0.6 is 0 Å². The lowest BCUT2D eigenvalue weighted by atomic mass is 9.79. The maximum absolute atomic E-state index is 13.9. The normalized spacial score (nSPS) is 15.9. The van der Waals surface area contributed by atoms with Crippen LogP contribution in [0.3, 0.4) is 0 Å². The molecule has 0 aromatic heterocycles. The van der Waals surface area contributed by atoms with E-state index in [1.165, 1.54) is 4.90 Å². The maximum Gasteiger partial charge on any atom is 0.261 e. The summed E-state index contributed by atoms with van der Waals surface area (Å²) in [7, 11) is 0. The highest BCUT2D eigenvalue weighted by atomic mass is 16.2. The van der Waals surface area contributed by atoms with Crippen molar-refractivity contribution in [1.29, 1.82) is 5.26 Å². The molecule has 0 heterocycles. The Morgan fingerprint density at radius 3 is 2.30 bits per heavy atom. The molecule has 1 fully saturated rings. The minimum Gasteiger partial charge on any atom is -0.338 e.